The van der Waals surface area contributed by atoms with Crippen LogP contribution in [0.15, 0.2) is 42.5 Å². The summed E-state index contributed by atoms with van der Waals surface area (Å²) in [5.74, 6) is 0.136. The molecule has 2 aromatic rings. The zero-order valence-electron chi connectivity index (χ0n) is 11.1. The van der Waals surface area contributed by atoms with Gasteiger partial charge in [0, 0.05) is 11.7 Å². The van der Waals surface area contributed by atoms with Gasteiger partial charge in [0.05, 0.1) is 10.6 Å². The molecule has 0 heterocycles. The van der Waals surface area contributed by atoms with Gasteiger partial charge in [-0.15, -0.1) is 0 Å². The van der Waals surface area contributed by atoms with Gasteiger partial charge in [0.2, 0.25) is 0 Å². The van der Waals surface area contributed by atoms with Crippen LogP contribution in [0.1, 0.15) is 24.1 Å². The summed E-state index contributed by atoms with van der Waals surface area (Å²) in [5, 5.41) is 11.9. The van der Waals surface area contributed by atoms with E-state index in [1.165, 1.54) is 24.3 Å². The number of phenolic OH excluding ortho intramolecular Hbond substituents is 1. The third-order valence-electron chi connectivity index (χ3n) is 3.05. The van der Waals surface area contributed by atoms with E-state index in [0.29, 0.717) is 5.69 Å². The number of aromatic hydroxyl groups is 1. The lowest BCUT2D eigenvalue weighted by Crippen LogP contribution is -2.10. The molecular formula is C15H13ClF3NO. The normalized spacial score (nSPS) is 13.0. The topological polar surface area (TPSA) is 32.3 Å². The van der Waals surface area contributed by atoms with E-state index in [4.69, 9.17) is 11.6 Å². The first-order valence-electron chi connectivity index (χ1n) is 6.19. The highest BCUT2D eigenvalue weighted by atomic mass is 35.5. The molecular weight excluding hydrogens is 303 g/mol. The molecule has 1 unspecified atom stereocenters. The number of rotatable bonds is 3. The molecule has 0 fully saturated rings. The van der Waals surface area contributed by atoms with Crippen molar-refractivity contribution < 1.29 is 18.3 Å². The second-order valence-corrected chi connectivity index (χ2v) is 5.06. The van der Waals surface area contributed by atoms with E-state index in [9.17, 15) is 18.3 Å². The number of halogens is 4. The van der Waals surface area contributed by atoms with Gasteiger partial charge in [0.1, 0.15) is 5.75 Å². The van der Waals surface area contributed by atoms with Crippen LogP contribution >= 0.6 is 11.6 Å². The van der Waals surface area contributed by atoms with Crippen molar-refractivity contribution in [2.45, 2.75) is 19.1 Å². The Morgan fingerprint density at radius 1 is 1.10 bits per heavy atom. The van der Waals surface area contributed by atoms with Crippen LogP contribution in [0, 0.1) is 0 Å². The molecule has 112 valence electrons. The molecule has 0 aliphatic heterocycles. The third-order valence-corrected chi connectivity index (χ3v) is 3.38. The van der Waals surface area contributed by atoms with Crippen LogP contribution in [0.5, 0.6) is 5.75 Å². The first-order valence-corrected chi connectivity index (χ1v) is 6.57. The van der Waals surface area contributed by atoms with Gasteiger partial charge in [0.15, 0.2) is 0 Å². The number of phenols is 1. The van der Waals surface area contributed by atoms with E-state index in [1.807, 2.05) is 6.92 Å². The second kappa shape index (κ2) is 5.85. The number of nitrogens with one attached hydrogen (secondary N) is 1. The Morgan fingerprint density at radius 2 is 1.71 bits per heavy atom. The highest BCUT2D eigenvalue weighted by Crippen LogP contribution is 2.36. The SMILES string of the molecule is CC(Nc1ccc(Cl)c(C(F)(F)F)c1)c1ccc(O)cc1. The van der Waals surface area contributed by atoms with Crippen LogP contribution in [-0.4, -0.2) is 5.11 Å². The first kappa shape index (κ1) is 15.5. The summed E-state index contributed by atoms with van der Waals surface area (Å²) < 4.78 is 38.4. The molecule has 2 aromatic carbocycles. The smallest absolute Gasteiger partial charge is 0.417 e. The summed E-state index contributed by atoms with van der Waals surface area (Å²) in [4.78, 5) is 0. The second-order valence-electron chi connectivity index (χ2n) is 4.65. The molecule has 0 radical (unpaired) electrons. The van der Waals surface area contributed by atoms with Gasteiger partial charge in [-0.3, -0.25) is 0 Å². The molecule has 0 amide bonds. The van der Waals surface area contributed by atoms with Crippen molar-refractivity contribution in [3.63, 3.8) is 0 Å². The number of benzene rings is 2. The van der Waals surface area contributed by atoms with E-state index in [2.05, 4.69) is 5.32 Å². The fourth-order valence-corrected chi connectivity index (χ4v) is 2.15. The molecule has 6 heteroatoms. The zero-order valence-corrected chi connectivity index (χ0v) is 11.8. The predicted molar refractivity (Wildman–Crippen MR) is 76.6 cm³/mol. The fraction of sp³-hybridized carbons (Fsp3) is 0.200. The lowest BCUT2D eigenvalue weighted by molar-refractivity contribution is -0.137. The molecule has 1 atom stereocenters. The Balaban J connectivity index is 2.21. The average molecular weight is 316 g/mol. The highest BCUT2D eigenvalue weighted by molar-refractivity contribution is 6.31. The molecule has 2 nitrogen and oxygen atoms in total. The summed E-state index contributed by atoms with van der Waals surface area (Å²) in [7, 11) is 0. The van der Waals surface area contributed by atoms with Crippen molar-refractivity contribution in [1.82, 2.24) is 0 Å². The van der Waals surface area contributed by atoms with Crippen molar-refractivity contribution in [3.8, 4) is 5.75 Å². The summed E-state index contributed by atoms with van der Waals surface area (Å²) in [6.45, 7) is 1.81. The Labute approximate surface area is 125 Å². The van der Waals surface area contributed by atoms with Gasteiger partial charge in [-0.05, 0) is 42.8 Å². The third kappa shape index (κ3) is 3.82. The average Bonchev–Trinajstić information content (AvgIpc) is 2.40. The number of alkyl halides is 3. The van der Waals surface area contributed by atoms with Crippen molar-refractivity contribution in [2.24, 2.45) is 0 Å². The lowest BCUT2D eigenvalue weighted by Gasteiger charge is -2.17. The van der Waals surface area contributed by atoms with Crippen LogP contribution in [0.2, 0.25) is 5.02 Å². The molecule has 21 heavy (non-hydrogen) atoms. The molecule has 0 aromatic heterocycles. The Morgan fingerprint density at radius 3 is 2.29 bits per heavy atom. The highest BCUT2D eigenvalue weighted by Gasteiger charge is 2.33. The van der Waals surface area contributed by atoms with E-state index < -0.39 is 11.7 Å². The Hall–Kier alpha value is -1.88. The largest absolute Gasteiger partial charge is 0.508 e. The first-order chi connectivity index (χ1) is 9.77. The minimum atomic E-state index is -4.49. The van der Waals surface area contributed by atoms with E-state index >= 15 is 0 Å². The maximum Gasteiger partial charge on any atom is 0.417 e. The molecule has 0 saturated carbocycles. The van der Waals surface area contributed by atoms with Crippen LogP contribution in [0.25, 0.3) is 0 Å². The molecule has 0 bridgehead atoms. The molecule has 0 aliphatic carbocycles. The maximum atomic E-state index is 12.8. The summed E-state index contributed by atoms with van der Waals surface area (Å²) in [6.07, 6.45) is -4.49. The monoisotopic (exact) mass is 315 g/mol. The number of hydrogen-bond donors (Lipinski definition) is 2. The molecule has 0 aliphatic rings. The zero-order chi connectivity index (χ0) is 15.6. The van der Waals surface area contributed by atoms with Crippen molar-refractivity contribution in [1.29, 1.82) is 0 Å². The Bertz CT molecular complexity index is 626. The molecule has 2 N–H and O–H groups in total. The molecule has 0 saturated heterocycles. The minimum Gasteiger partial charge on any atom is -0.508 e. The predicted octanol–water partition coefficient (Wildman–Crippen LogP) is 5.24. The maximum absolute atomic E-state index is 12.8. The van der Waals surface area contributed by atoms with Crippen LogP contribution < -0.4 is 5.32 Å². The summed E-state index contributed by atoms with van der Waals surface area (Å²) in [5.41, 5.74) is 0.302. The van der Waals surface area contributed by atoms with Gasteiger partial charge in [-0.1, -0.05) is 23.7 Å². The summed E-state index contributed by atoms with van der Waals surface area (Å²) >= 11 is 5.58. The van der Waals surface area contributed by atoms with Crippen LogP contribution in [0.4, 0.5) is 18.9 Å². The van der Waals surface area contributed by atoms with E-state index in [0.717, 1.165) is 11.6 Å². The Kier molecular flexibility index (Phi) is 4.32. The van der Waals surface area contributed by atoms with Gasteiger partial charge in [-0.25, -0.2) is 0 Å². The number of anilines is 1. The number of hydrogen-bond acceptors (Lipinski definition) is 2. The van der Waals surface area contributed by atoms with Gasteiger partial charge in [0.25, 0.3) is 0 Å². The van der Waals surface area contributed by atoms with Gasteiger partial charge < -0.3 is 10.4 Å². The van der Waals surface area contributed by atoms with Gasteiger partial charge in [-0.2, -0.15) is 13.2 Å². The quantitative estimate of drug-likeness (QED) is 0.812. The van der Waals surface area contributed by atoms with Crippen LogP contribution in [-0.2, 0) is 6.18 Å². The fourth-order valence-electron chi connectivity index (χ4n) is 1.93. The van der Waals surface area contributed by atoms with Crippen LogP contribution in [0.3, 0.4) is 0 Å². The standard InChI is InChI=1S/C15H13ClF3NO/c1-9(10-2-5-12(21)6-3-10)20-11-4-7-14(16)13(8-11)15(17,18)19/h2-9,20-21H,1H3. The lowest BCUT2D eigenvalue weighted by atomic mass is 10.1. The molecule has 0 spiro atoms. The van der Waals surface area contributed by atoms with Crippen molar-refractivity contribution in [2.75, 3.05) is 5.32 Å². The van der Waals surface area contributed by atoms with E-state index in [-0.39, 0.29) is 16.8 Å². The minimum absolute atomic E-state index is 0.136. The van der Waals surface area contributed by atoms with Crippen molar-refractivity contribution >= 4 is 17.3 Å². The van der Waals surface area contributed by atoms with Gasteiger partial charge >= 0.3 is 6.18 Å². The summed E-state index contributed by atoms with van der Waals surface area (Å²) in [6, 6.07) is 9.94. The molecule has 2 rings (SSSR count). The van der Waals surface area contributed by atoms with Crippen molar-refractivity contribution in [3.05, 3.63) is 58.6 Å². The van der Waals surface area contributed by atoms with E-state index in [1.54, 1.807) is 12.1 Å².